The molecule has 4 atom stereocenters. The highest BCUT2D eigenvalue weighted by Gasteiger charge is 2.41. The summed E-state index contributed by atoms with van der Waals surface area (Å²) < 4.78 is 0. The number of nitrogens with zero attached hydrogens (tertiary/aromatic N) is 2. The van der Waals surface area contributed by atoms with Gasteiger partial charge in [0.1, 0.15) is 17.8 Å². The van der Waals surface area contributed by atoms with Crippen LogP contribution in [0.1, 0.15) is 45.4 Å². The SMILES string of the molecule is O=C1C(C2CC(c3ccccc3)C(c3cccc([NH+]([O-])O)c3O)N=N2)=C(O)c2ccccc21. The maximum atomic E-state index is 13.1. The van der Waals surface area contributed by atoms with Crippen LogP contribution in [0.2, 0.25) is 0 Å². The maximum absolute atomic E-state index is 13.1. The third-order valence-corrected chi connectivity index (χ3v) is 6.29. The first kappa shape index (κ1) is 21.0. The molecule has 2 aliphatic rings. The van der Waals surface area contributed by atoms with Crippen LogP contribution in [0.4, 0.5) is 5.69 Å². The number of aliphatic hydroxyl groups is 1. The third-order valence-electron chi connectivity index (χ3n) is 6.29. The summed E-state index contributed by atoms with van der Waals surface area (Å²) in [7, 11) is 0. The van der Waals surface area contributed by atoms with E-state index in [4.69, 9.17) is 0 Å². The highest BCUT2D eigenvalue weighted by atomic mass is 16.8. The van der Waals surface area contributed by atoms with E-state index in [0.29, 0.717) is 23.1 Å². The summed E-state index contributed by atoms with van der Waals surface area (Å²) in [6, 6.07) is 19.6. The van der Waals surface area contributed by atoms with E-state index in [1.54, 1.807) is 36.4 Å². The molecule has 4 N–H and O–H groups in total. The van der Waals surface area contributed by atoms with Gasteiger partial charge in [-0.1, -0.05) is 66.7 Å². The summed E-state index contributed by atoms with van der Waals surface area (Å²) >= 11 is 0. The average Bonchev–Trinajstić information content (AvgIpc) is 3.09. The molecule has 0 saturated carbocycles. The smallest absolute Gasteiger partial charge is 0.206 e. The fourth-order valence-corrected chi connectivity index (χ4v) is 4.69. The number of azo groups is 1. The van der Waals surface area contributed by atoms with Crippen molar-refractivity contribution in [3.05, 3.63) is 106 Å². The van der Waals surface area contributed by atoms with Crippen LogP contribution < -0.4 is 5.23 Å². The molecule has 1 aliphatic heterocycles. The van der Waals surface area contributed by atoms with Crippen LogP contribution in [0.3, 0.4) is 0 Å². The van der Waals surface area contributed by atoms with Crippen LogP contribution in [-0.4, -0.2) is 27.2 Å². The first-order chi connectivity index (χ1) is 16.0. The Morgan fingerprint density at radius 3 is 2.27 bits per heavy atom. The molecule has 5 rings (SSSR count). The summed E-state index contributed by atoms with van der Waals surface area (Å²) in [5.41, 5.74) is 2.18. The highest BCUT2D eigenvalue weighted by molar-refractivity contribution is 6.20. The van der Waals surface area contributed by atoms with E-state index in [0.717, 1.165) is 5.56 Å². The maximum Gasteiger partial charge on any atom is 0.206 e. The molecule has 0 saturated heterocycles. The van der Waals surface area contributed by atoms with Gasteiger partial charge in [0.15, 0.2) is 11.5 Å². The Bertz CT molecular complexity index is 1290. The molecule has 8 nitrogen and oxygen atoms in total. The monoisotopic (exact) mass is 443 g/mol. The summed E-state index contributed by atoms with van der Waals surface area (Å²) in [5.74, 6) is -1.01. The minimum atomic E-state index is -1.24. The number of phenols is 1. The van der Waals surface area contributed by atoms with E-state index in [2.05, 4.69) is 10.2 Å². The largest absolute Gasteiger partial charge is 0.595 e. The zero-order valence-corrected chi connectivity index (χ0v) is 17.4. The first-order valence-electron chi connectivity index (χ1n) is 10.5. The van der Waals surface area contributed by atoms with E-state index >= 15 is 0 Å². The Morgan fingerprint density at radius 2 is 1.58 bits per heavy atom. The quantitative estimate of drug-likeness (QED) is 0.358. The number of benzene rings is 3. The average molecular weight is 443 g/mol. The van der Waals surface area contributed by atoms with Crippen molar-refractivity contribution in [3.8, 4) is 5.75 Å². The van der Waals surface area contributed by atoms with Crippen molar-refractivity contribution >= 4 is 17.2 Å². The molecule has 8 heteroatoms. The lowest BCUT2D eigenvalue weighted by Gasteiger charge is -2.31. The molecular formula is C25H21N3O5. The van der Waals surface area contributed by atoms with Crippen molar-refractivity contribution in [2.45, 2.75) is 24.4 Å². The number of carbonyl (C=O) groups excluding carboxylic acids is 1. The fraction of sp³-hybridized carbons (Fsp3) is 0.160. The molecule has 1 aliphatic carbocycles. The Labute approximate surface area is 189 Å². The lowest BCUT2D eigenvalue weighted by molar-refractivity contribution is -0.991. The minimum Gasteiger partial charge on any atom is -0.595 e. The number of carbonyl (C=O) groups is 1. The number of phenolic OH excluding ortho intramolecular Hbond substituents is 1. The van der Waals surface area contributed by atoms with Crippen molar-refractivity contribution < 1.29 is 25.4 Å². The number of aromatic hydroxyl groups is 1. The highest BCUT2D eigenvalue weighted by Crippen LogP contribution is 2.48. The molecule has 0 spiro atoms. The molecule has 3 aromatic carbocycles. The van der Waals surface area contributed by atoms with Crippen LogP contribution in [-0.2, 0) is 0 Å². The van der Waals surface area contributed by atoms with Gasteiger partial charge in [0.05, 0.1) is 5.57 Å². The summed E-state index contributed by atoms with van der Waals surface area (Å²) in [4.78, 5) is 13.1. The second-order valence-electron chi connectivity index (χ2n) is 8.13. The second-order valence-corrected chi connectivity index (χ2v) is 8.13. The van der Waals surface area contributed by atoms with Gasteiger partial charge >= 0.3 is 0 Å². The van der Waals surface area contributed by atoms with Gasteiger partial charge in [-0.05, 0) is 12.0 Å². The second kappa shape index (κ2) is 8.25. The van der Waals surface area contributed by atoms with Gasteiger partial charge in [0.25, 0.3) is 0 Å². The van der Waals surface area contributed by atoms with Crippen LogP contribution in [0.25, 0.3) is 5.76 Å². The molecule has 0 fully saturated rings. The number of rotatable bonds is 4. The molecule has 0 radical (unpaired) electrons. The Hall–Kier alpha value is -3.85. The fourth-order valence-electron chi connectivity index (χ4n) is 4.69. The minimum absolute atomic E-state index is 0.0828. The lowest BCUT2D eigenvalue weighted by atomic mass is 9.80. The molecule has 3 aromatic rings. The van der Waals surface area contributed by atoms with E-state index in [1.807, 2.05) is 30.3 Å². The number of quaternary nitrogens is 1. The van der Waals surface area contributed by atoms with Crippen LogP contribution >= 0.6 is 0 Å². The number of aliphatic hydroxyl groups excluding tert-OH is 1. The standard InChI is InChI=1S/C25H21N3O5/c29-23-17(11-6-12-20(23)28(32)33)22-18(14-7-2-1-3-8-14)13-19(26-27-22)21-24(30)15-9-4-5-10-16(15)25(21)31/h1-12,18-19,22,28-30,32H,13H2. The number of Topliss-reactive ketones (excluding diaryl/α,β-unsaturated/α-hetero) is 1. The Balaban J connectivity index is 1.59. The number of para-hydroxylation sites is 1. The number of hydrogen-bond acceptors (Lipinski definition) is 7. The third kappa shape index (κ3) is 3.50. The van der Waals surface area contributed by atoms with Crippen molar-refractivity contribution in [2.24, 2.45) is 10.2 Å². The van der Waals surface area contributed by atoms with E-state index in [-0.39, 0.29) is 34.5 Å². The van der Waals surface area contributed by atoms with Gasteiger partial charge in [0, 0.05) is 28.7 Å². The lowest BCUT2D eigenvalue weighted by Crippen LogP contribution is -2.99. The van der Waals surface area contributed by atoms with Gasteiger partial charge in [-0.15, -0.1) is 0 Å². The van der Waals surface area contributed by atoms with Gasteiger partial charge in [-0.3, -0.25) is 4.79 Å². The van der Waals surface area contributed by atoms with Crippen LogP contribution in [0.5, 0.6) is 5.75 Å². The van der Waals surface area contributed by atoms with Crippen molar-refractivity contribution in [2.75, 3.05) is 0 Å². The molecule has 0 amide bonds. The summed E-state index contributed by atoms with van der Waals surface area (Å²) in [6.45, 7) is 0. The molecule has 1 heterocycles. The zero-order valence-electron chi connectivity index (χ0n) is 17.4. The number of ketones is 1. The first-order valence-corrected chi connectivity index (χ1v) is 10.5. The van der Waals surface area contributed by atoms with Gasteiger partial charge in [-0.25, -0.2) is 5.21 Å². The molecule has 0 aromatic heterocycles. The van der Waals surface area contributed by atoms with Crippen molar-refractivity contribution in [1.82, 2.24) is 0 Å². The summed E-state index contributed by atoms with van der Waals surface area (Å²) in [5, 5.41) is 50.0. The van der Waals surface area contributed by atoms with Gasteiger partial charge in [-0.2, -0.15) is 15.5 Å². The summed E-state index contributed by atoms with van der Waals surface area (Å²) in [6.07, 6.45) is 0.355. The van der Waals surface area contributed by atoms with E-state index in [9.17, 15) is 25.4 Å². The predicted molar refractivity (Wildman–Crippen MR) is 119 cm³/mol. The Kier molecular flexibility index (Phi) is 5.26. The van der Waals surface area contributed by atoms with Crippen LogP contribution in [0.15, 0.2) is 88.6 Å². The molecule has 0 bridgehead atoms. The Morgan fingerprint density at radius 1 is 0.879 bits per heavy atom. The van der Waals surface area contributed by atoms with Gasteiger partial charge in [0.2, 0.25) is 5.69 Å². The number of nitrogens with one attached hydrogen (secondary N) is 1. The molecule has 33 heavy (non-hydrogen) atoms. The van der Waals surface area contributed by atoms with Crippen molar-refractivity contribution in [1.29, 1.82) is 0 Å². The van der Waals surface area contributed by atoms with E-state index < -0.39 is 17.3 Å². The predicted octanol–water partition coefficient (Wildman–Crippen LogP) is 4.01. The molecule has 4 unspecified atom stereocenters. The molecule has 166 valence electrons. The molecular weight excluding hydrogens is 422 g/mol. The number of hydrogen-bond donors (Lipinski definition) is 4. The van der Waals surface area contributed by atoms with E-state index in [1.165, 1.54) is 6.07 Å². The topological polar surface area (TPSA) is 130 Å². The number of fused-ring (bicyclic) bond motifs is 1. The van der Waals surface area contributed by atoms with Gasteiger partial charge < -0.3 is 15.4 Å². The van der Waals surface area contributed by atoms with Crippen molar-refractivity contribution in [3.63, 3.8) is 0 Å². The normalized spacial score (nSPS) is 23.0. The van der Waals surface area contributed by atoms with Crippen LogP contribution in [0, 0.1) is 5.21 Å². The zero-order chi connectivity index (χ0) is 23.1.